The van der Waals surface area contributed by atoms with E-state index in [2.05, 4.69) is 101 Å². The normalized spacial score (nSPS) is 17.0. The number of H-pyrrole nitrogens is 1. The number of aryl methyl sites for hydroxylation is 1. The van der Waals surface area contributed by atoms with E-state index < -0.39 is 0 Å². The lowest BCUT2D eigenvalue weighted by atomic mass is 9.96. The molecule has 35 heavy (non-hydrogen) atoms. The van der Waals surface area contributed by atoms with Crippen LogP contribution in [0.5, 0.6) is 0 Å². The summed E-state index contributed by atoms with van der Waals surface area (Å²) in [5.41, 5.74) is 9.22. The Morgan fingerprint density at radius 2 is 1.74 bits per heavy atom. The monoisotopic (exact) mass is 462 g/mol. The molecule has 0 unspecified atom stereocenters. The van der Waals surface area contributed by atoms with Crippen molar-refractivity contribution in [1.82, 2.24) is 19.8 Å². The standard InChI is InChI=1S/C31H34N4/c1-22-4-3-5-25(24-8-6-23(7-9-24)20-35-16-14-32-15-17-35)19-28-29(21-34(2)31(22)28)26-10-11-30-27(18-26)12-13-33-30/h5-13,18-19,21,32-33H,3-4,14-17,20H2,1-2H3. The van der Waals surface area contributed by atoms with E-state index >= 15 is 0 Å². The molecule has 0 bridgehead atoms. The van der Waals surface area contributed by atoms with E-state index in [-0.39, 0.29) is 0 Å². The van der Waals surface area contributed by atoms with Crippen molar-refractivity contribution < 1.29 is 0 Å². The summed E-state index contributed by atoms with van der Waals surface area (Å²) in [6, 6.07) is 18.1. The van der Waals surface area contributed by atoms with Gasteiger partial charge >= 0.3 is 0 Å². The Labute approximate surface area is 207 Å². The van der Waals surface area contributed by atoms with Crippen LogP contribution in [0.3, 0.4) is 0 Å². The molecule has 1 saturated heterocycles. The van der Waals surface area contributed by atoms with Crippen LogP contribution < -0.4 is 15.9 Å². The van der Waals surface area contributed by atoms with E-state index in [0.717, 1.165) is 45.6 Å². The van der Waals surface area contributed by atoms with Gasteiger partial charge in [-0.15, -0.1) is 0 Å². The van der Waals surface area contributed by atoms with Crippen LogP contribution in [-0.2, 0) is 13.6 Å². The molecule has 2 aliphatic rings. The predicted molar refractivity (Wildman–Crippen MR) is 147 cm³/mol. The largest absolute Gasteiger partial charge is 0.361 e. The fraction of sp³-hybridized carbons (Fsp3) is 0.290. The fourth-order valence-corrected chi connectivity index (χ4v) is 5.68. The van der Waals surface area contributed by atoms with Gasteiger partial charge in [0.05, 0.1) is 0 Å². The van der Waals surface area contributed by atoms with Gasteiger partial charge in [0.15, 0.2) is 0 Å². The molecule has 2 aromatic carbocycles. The van der Waals surface area contributed by atoms with Gasteiger partial charge in [0.25, 0.3) is 0 Å². The van der Waals surface area contributed by atoms with Gasteiger partial charge in [-0.1, -0.05) is 36.4 Å². The van der Waals surface area contributed by atoms with Gasteiger partial charge < -0.3 is 14.9 Å². The number of benzene rings is 2. The SMILES string of the molecule is CC1=c2c(c(-c3ccc4[nH]ccc4c3)cn2C)=CC(c2ccc(CN3CCNCC3)cc2)=CCC1. The van der Waals surface area contributed by atoms with E-state index in [1.54, 1.807) is 0 Å². The molecule has 2 N–H and O–H groups in total. The lowest BCUT2D eigenvalue weighted by Crippen LogP contribution is -2.42. The van der Waals surface area contributed by atoms with E-state index in [9.17, 15) is 0 Å². The first-order valence-electron chi connectivity index (χ1n) is 12.8. The second-order valence-electron chi connectivity index (χ2n) is 10.0. The van der Waals surface area contributed by atoms with Crippen LogP contribution in [0, 0.1) is 0 Å². The molecule has 4 aromatic rings. The Morgan fingerprint density at radius 3 is 2.57 bits per heavy atom. The Morgan fingerprint density at radius 1 is 0.943 bits per heavy atom. The summed E-state index contributed by atoms with van der Waals surface area (Å²) in [5, 5.41) is 7.38. The summed E-state index contributed by atoms with van der Waals surface area (Å²) in [7, 11) is 2.18. The second kappa shape index (κ2) is 9.37. The van der Waals surface area contributed by atoms with Crippen molar-refractivity contribution >= 4 is 28.1 Å². The van der Waals surface area contributed by atoms with Gasteiger partial charge in [0.1, 0.15) is 0 Å². The average molecular weight is 463 g/mol. The van der Waals surface area contributed by atoms with Crippen molar-refractivity contribution in [3.63, 3.8) is 0 Å². The maximum Gasteiger partial charge on any atom is 0.0473 e. The molecular weight excluding hydrogens is 428 g/mol. The van der Waals surface area contributed by atoms with Crippen molar-refractivity contribution in [3.8, 4) is 11.1 Å². The van der Waals surface area contributed by atoms with Gasteiger partial charge in [0, 0.05) is 73.8 Å². The highest BCUT2D eigenvalue weighted by atomic mass is 15.2. The highest BCUT2D eigenvalue weighted by Gasteiger charge is 2.13. The first-order valence-corrected chi connectivity index (χ1v) is 12.8. The molecule has 0 saturated carbocycles. The number of fused-ring (bicyclic) bond motifs is 2. The third-order valence-corrected chi connectivity index (χ3v) is 7.58. The highest BCUT2D eigenvalue weighted by molar-refractivity contribution is 5.91. The van der Waals surface area contributed by atoms with Crippen LogP contribution >= 0.6 is 0 Å². The molecule has 6 rings (SSSR count). The van der Waals surface area contributed by atoms with Crippen molar-refractivity contribution in [2.75, 3.05) is 26.2 Å². The molecule has 0 atom stereocenters. The van der Waals surface area contributed by atoms with Crippen LogP contribution in [0.15, 0.2) is 67.0 Å². The van der Waals surface area contributed by atoms with Crippen molar-refractivity contribution in [3.05, 3.63) is 88.7 Å². The van der Waals surface area contributed by atoms with Gasteiger partial charge in [-0.25, -0.2) is 0 Å². The minimum atomic E-state index is 1.04. The van der Waals surface area contributed by atoms with Crippen LogP contribution in [0.2, 0.25) is 0 Å². The number of hydrogen-bond donors (Lipinski definition) is 2. The Bertz CT molecular complexity index is 1510. The third-order valence-electron chi connectivity index (χ3n) is 7.58. The molecule has 3 heterocycles. The first-order chi connectivity index (χ1) is 17.2. The molecule has 0 radical (unpaired) electrons. The number of nitrogens with zero attached hydrogens (tertiary/aromatic N) is 2. The average Bonchev–Trinajstić information content (AvgIpc) is 3.46. The van der Waals surface area contributed by atoms with Gasteiger partial charge in [-0.2, -0.15) is 0 Å². The topological polar surface area (TPSA) is 36.0 Å². The number of aromatic amines is 1. The second-order valence-corrected chi connectivity index (χ2v) is 10.0. The number of nitrogens with one attached hydrogen (secondary N) is 2. The zero-order valence-electron chi connectivity index (χ0n) is 20.8. The van der Waals surface area contributed by atoms with E-state index in [1.165, 1.54) is 54.9 Å². The minimum absolute atomic E-state index is 1.04. The molecule has 0 amide bonds. The lowest BCUT2D eigenvalue weighted by molar-refractivity contribution is 0.233. The zero-order valence-corrected chi connectivity index (χ0v) is 20.8. The Balaban J connectivity index is 1.40. The number of hydrogen-bond acceptors (Lipinski definition) is 2. The van der Waals surface area contributed by atoms with Crippen LogP contribution in [0.1, 0.15) is 30.9 Å². The summed E-state index contributed by atoms with van der Waals surface area (Å²) in [6.45, 7) is 7.77. The van der Waals surface area contributed by atoms with Crippen molar-refractivity contribution in [2.24, 2.45) is 7.05 Å². The molecule has 4 nitrogen and oxygen atoms in total. The van der Waals surface area contributed by atoms with Crippen molar-refractivity contribution in [1.29, 1.82) is 0 Å². The van der Waals surface area contributed by atoms with Crippen molar-refractivity contribution in [2.45, 2.75) is 26.3 Å². The molecule has 1 aliphatic carbocycles. The summed E-state index contributed by atoms with van der Waals surface area (Å²) in [4.78, 5) is 5.85. The smallest absolute Gasteiger partial charge is 0.0473 e. The summed E-state index contributed by atoms with van der Waals surface area (Å²) >= 11 is 0. The minimum Gasteiger partial charge on any atom is -0.361 e. The molecule has 4 heteroatoms. The predicted octanol–water partition coefficient (Wildman–Crippen LogP) is 4.41. The number of piperazine rings is 1. The van der Waals surface area contributed by atoms with Crippen LogP contribution in [-0.4, -0.2) is 40.6 Å². The number of aromatic nitrogens is 2. The van der Waals surface area contributed by atoms with E-state index in [1.807, 2.05) is 6.20 Å². The number of allylic oxidation sites excluding steroid dienone is 2. The van der Waals surface area contributed by atoms with E-state index in [0.29, 0.717) is 0 Å². The zero-order chi connectivity index (χ0) is 23.8. The Kier molecular flexibility index (Phi) is 5.93. The summed E-state index contributed by atoms with van der Waals surface area (Å²) in [6.07, 6.45) is 11.3. The van der Waals surface area contributed by atoms with Gasteiger partial charge in [-0.3, -0.25) is 4.90 Å². The molecule has 1 aliphatic heterocycles. The Hall–Kier alpha value is -3.34. The lowest BCUT2D eigenvalue weighted by Gasteiger charge is -2.27. The fourth-order valence-electron chi connectivity index (χ4n) is 5.68. The van der Waals surface area contributed by atoms with E-state index in [4.69, 9.17) is 0 Å². The molecular formula is C31H34N4. The number of rotatable bonds is 4. The quantitative estimate of drug-likeness (QED) is 0.471. The van der Waals surface area contributed by atoms with Gasteiger partial charge in [0.2, 0.25) is 0 Å². The molecule has 0 spiro atoms. The molecule has 178 valence electrons. The molecule has 2 aromatic heterocycles. The maximum absolute atomic E-state index is 3.44. The van der Waals surface area contributed by atoms with Crippen LogP contribution in [0.25, 0.3) is 39.3 Å². The maximum atomic E-state index is 3.44. The summed E-state index contributed by atoms with van der Waals surface area (Å²) < 4.78 is 2.32. The molecule has 1 fully saturated rings. The first kappa shape index (κ1) is 22.1. The van der Waals surface area contributed by atoms with Crippen LogP contribution in [0.4, 0.5) is 0 Å². The summed E-state index contributed by atoms with van der Waals surface area (Å²) in [5.74, 6) is 0. The van der Waals surface area contributed by atoms with Gasteiger partial charge in [-0.05, 0) is 77.3 Å². The highest BCUT2D eigenvalue weighted by Crippen LogP contribution is 2.25. The third kappa shape index (κ3) is 4.40.